The number of nitrogens with one attached hydrogen (secondary N) is 2. The number of hydrogen-bond acceptors (Lipinski definition) is 6. The number of carbonyl (C=O) groups excluding carboxylic acids is 4. The number of piperidine rings is 1. The molecule has 4 N–H and O–H groups in total. The van der Waals surface area contributed by atoms with E-state index in [1.165, 1.54) is 0 Å². The molecular formula is C22H22N4O4. The number of nitrogens with zero attached hydrogens (tertiary/aromatic N) is 1. The zero-order valence-corrected chi connectivity index (χ0v) is 16.5. The third kappa shape index (κ3) is 3.57. The Hall–Kier alpha value is -3.52. The fourth-order valence-electron chi connectivity index (χ4n) is 3.74. The Bertz CT molecular complexity index is 1050. The highest BCUT2D eigenvalue weighted by atomic mass is 16.2. The summed E-state index contributed by atoms with van der Waals surface area (Å²) in [6.07, 6.45) is 0.239. The molecule has 2 aromatic rings. The number of carbonyl (C=O) groups is 4. The summed E-state index contributed by atoms with van der Waals surface area (Å²) in [6, 6.07) is 11.8. The van der Waals surface area contributed by atoms with Crippen molar-refractivity contribution in [1.29, 1.82) is 0 Å². The summed E-state index contributed by atoms with van der Waals surface area (Å²) in [7, 11) is 0. The predicted molar refractivity (Wildman–Crippen MR) is 109 cm³/mol. The van der Waals surface area contributed by atoms with E-state index in [0.717, 1.165) is 21.7 Å². The number of benzene rings is 2. The molecule has 0 spiro atoms. The molecule has 1 unspecified atom stereocenters. The Kier molecular flexibility index (Phi) is 5.09. The van der Waals surface area contributed by atoms with Gasteiger partial charge < -0.3 is 11.1 Å². The first-order valence-corrected chi connectivity index (χ1v) is 9.79. The van der Waals surface area contributed by atoms with Gasteiger partial charge in [0.15, 0.2) is 0 Å². The summed E-state index contributed by atoms with van der Waals surface area (Å²) in [5, 5.41) is 5.47. The highest BCUT2D eigenvalue weighted by Crippen LogP contribution is 2.28. The quantitative estimate of drug-likeness (QED) is 0.650. The average Bonchev–Trinajstić information content (AvgIpc) is 2.97. The minimum Gasteiger partial charge on any atom is -0.381 e. The molecule has 0 aliphatic carbocycles. The van der Waals surface area contributed by atoms with E-state index in [-0.39, 0.29) is 30.0 Å². The summed E-state index contributed by atoms with van der Waals surface area (Å²) in [5.41, 5.74) is 9.18. The summed E-state index contributed by atoms with van der Waals surface area (Å²) >= 11 is 0. The Morgan fingerprint density at radius 2 is 1.77 bits per heavy atom. The van der Waals surface area contributed by atoms with E-state index in [4.69, 9.17) is 5.73 Å². The van der Waals surface area contributed by atoms with Gasteiger partial charge in [-0.3, -0.25) is 29.4 Å². The minimum atomic E-state index is -0.958. The van der Waals surface area contributed by atoms with Crippen molar-refractivity contribution >= 4 is 29.3 Å². The third-order valence-electron chi connectivity index (χ3n) is 5.44. The van der Waals surface area contributed by atoms with Crippen LogP contribution in [0.2, 0.25) is 0 Å². The summed E-state index contributed by atoms with van der Waals surface area (Å²) in [5.74, 6) is -2.02. The van der Waals surface area contributed by atoms with Crippen molar-refractivity contribution in [2.45, 2.75) is 38.4 Å². The number of fused-ring (bicyclic) bond motifs is 1. The fraction of sp³-hybridized carbons (Fsp3) is 0.273. The monoisotopic (exact) mass is 406 g/mol. The zero-order chi connectivity index (χ0) is 21.4. The normalized spacial score (nSPS) is 19.5. The van der Waals surface area contributed by atoms with Crippen molar-refractivity contribution in [1.82, 2.24) is 10.2 Å². The van der Waals surface area contributed by atoms with Crippen LogP contribution in [-0.2, 0) is 16.1 Å². The van der Waals surface area contributed by atoms with Gasteiger partial charge in [-0.25, -0.2) is 0 Å². The second kappa shape index (κ2) is 7.72. The molecule has 1 saturated heterocycles. The molecule has 4 rings (SSSR count). The third-order valence-corrected chi connectivity index (χ3v) is 5.44. The number of amides is 4. The highest BCUT2D eigenvalue weighted by molar-refractivity contribution is 6.23. The first kappa shape index (κ1) is 19.8. The summed E-state index contributed by atoms with van der Waals surface area (Å²) in [4.78, 5) is 50.1. The van der Waals surface area contributed by atoms with Crippen molar-refractivity contribution in [2.24, 2.45) is 5.73 Å². The standard InChI is InChI=1S/C22H22N4O4/c1-12(23)14-3-5-15(6-4-14)24-11-13-2-7-16-17(10-13)22(30)26(21(16)29)18-8-9-19(27)25-20(18)28/h2-7,10,12,18,24H,8-9,11,23H2,1H3,(H,25,27,28)/t12-,18?/m1/s1. The van der Waals surface area contributed by atoms with Crippen molar-refractivity contribution in [3.8, 4) is 0 Å². The van der Waals surface area contributed by atoms with Crippen LogP contribution in [0.3, 0.4) is 0 Å². The molecular weight excluding hydrogens is 384 g/mol. The SMILES string of the molecule is C[C@@H](N)c1ccc(NCc2ccc3c(c2)C(=O)N(C2CCC(=O)NC2=O)C3=O)cc1. The van der Waals surface area contributed by atoms with E-state index in [9.17, 15) is 19.2 Å². The van der Waals surface area contributed by atoms with Gasteiger partial charge in [0.2, 0.25) is 11.8 Å². The molecule has 2 atom stereocenters. The zero-order valence-electron chi connectivity index (χ0n) is 16.5. The van der Waals surface area contributed by atoms with Crippen LogP contribution in [0, 0.1) is 0 Å². The number of hydrogen-bond donors (Lipinski definition) is 3. The molecule has 0 radical (unpaired) electrons. The van der Waals surface area contributed by atoms with Crippen molar-refractivity contribution in [3.05, 3.63) is 64.7 Å². The number of anilines is 1. The second-order valence-electron chi connectivity index (χ2n) is 7.59. The highest BCUT2D eigenvalue weighted by Gasteiger charge is 2.44. The van der Waals surface area contributed by atoms with Crippen LogP contribution in [0.5, 0.6) is 0 Å². The molecule has 1 fully saturated rings. The topological polar surface area (TPSA) is 122 Å². The maximum atomic E-state index is 12.9. The van der Waals surface area contributed by atoms with Crippen LogP contribution >= 0.6 is 0 Å². The number of nitrogens with two attached hydrogens (primary N) is 1. The molecule has 0 saturated carbocycles. The number of rotatable bonds is 5. The van der Waals surface area contributed by atoms with Gasteiger partial charge in [-0.2, -0.15) is 0 Å². The van der Waals surface area contributed by atoms with E-state index in [1.807, 2.05) is 31.2 Å². The molecule has 0 aromatic heterocycles. The molecule has 2 aromatic carbocycles. The maximum Gasteiger partial charge on any atom is 0.262 e. The lowest BCUT2D eigenvalue weighted by Crippen LogP contribution is -2.54. The van der Waals surface area contributed by atoms with Gasteiger partial charge in [0.1, 0.15) is 6.04 Å². The van der Waals surface area contributed by atoms with Crippen LogP contribution in [-0.4, -0.2) is 34.6 Å². The molecule has 4 amide bonds. The molecule has 30 heavy (non-hydrogen) atoms. The summed E-state index contributed by atoms with van der Waals surface area (Å²) in [6.45, 7) is 2.38. The first-order chi connectivity index (χ1) is 14.3. The van der Waals surface area contributed by atoms with E-state index in [1.54, 1.807) is 18.2 Å². The molecule has 154 valence electrons. The van der Waals surface area contributed by atoms with Gasteiger partial charge >= 0.3 is 0 Å². The molecule has 8 nitrogen and oxygen atoms in total. The van der Waals surface area contributed by atoms with Crippen molar-refractivity contribution < 1.29 is 19.2 Å². The Balaban J connectivity index is 1.49. The van der Waals surface area contributed by atoms with Gasteiger partial charge in [0.05, 0.1) is 11.1 Å². The maximum absolute atomic E-state index is 12.9. The Morgan fingerprint density at radius 1 is 1.07 bits per heavy atom. The minimum absolute atomic E-state index is 0.0355. The second-order valence-corrected chi connectivity index (χ2v) is 7.59. The molecule has 2 aliphatic heterocycles. The smallest absolute Gasteiger partial charge is 0.262 e. The van der Waals surface area contributed by atoms with Gasteiger partial charge in [-0.05, 0) is 48.7 Å². The lowest BCUT2D eigenvalue weighted by molar-refractivity contribution is -0.136. The van der Waals surface area contributed by atoms with E-state index < -0.39 is 29.7 Å². The summed E-state index contributed by atoms with van der Waals surface area (Å²) < 4.78 is 0. The van der Waals surface area contributed by atoms with Crippen LogP contribution in [0.1, 0.15) is 57.7 Å². The fourth-order valence-corrected chi connectivity index (χ4v) is 3.74. The Labute approximate surface area is 173 Å². The average molecular weight is 406 g/mol. The molecule has 2 aliphatic rings. The Morgan fingerprint density at radius 3 is 2.43 bits per heavy atom. The van der Waals surface area contributed by atoms with Crippen LogP contribution in [0.15, 0.2) is 42.5 Å². The van der Waals surface area contributed by atoms with Gasteiger partial charge in [0.25, 0.3) is 11.8 Å². The number of imide groups is 2. The predicted octanol–water partition coefficient (Wildman–Crippen LogP) is 1.72. The lowest BCUT2D eigenvalue weighted by Gasteiger charge is -2.27. The molecule has 2 heterocycles. The largest absolute Gasteiger partial charge is 0.381 e. The van der Waals surface area contributed by atoms with Gasteiger partial charge in [0, 0.05) is 24.7 Å². The lowest BCUT2D eigenvalue weighted by atomic mass is 10.0. The van der Waals surface area contributed by atoms with Crippen molar-refractivity contribution in [2.75, 3.05) is 5.32 Å². The van der Waals surface area contributed by atoms with E-state index in [0.29, 0.717) is 6.54 Å². The van der Waals surface area contributed by atoms with Crippen molar-refractivity contribution in [3.63, 3.8) is 0 Å². The molecule has 0 bridgehead atoms. The van der Waals surface area contributed by atoms with Crippen LogP contribution < -0.4 is 16.4 Å². The van der Waals surface area contributed by atoms with E-state index >= 15 is 0 Å². The van der Waals surface area contributed by atoms with Gasteiger partial charge in [-0.1, -0.05) is 18.2 Å². The van der Waals surface area contributed by atoms with Crippen LogP contribution in [0.25, 0.3) is 0 Å². The molecule has 8 heteroatoms. The van der Waals surface area contributed by atoms with Crippen LogP contribution in [0.4, 0.5) is 5.69 Å². The van der Waals surface area contributed by atoms with E-state index in [2.05, 4.69) is 10.6 Å². The first-order valence-electron chi connectivity index (χ1n) is 9.79. The van der Waals surface area contributed by atoms with Gasteiger partial charge in [-0.15, -0.1) is 0 Å².